The fourth-order valence-electron chi connectivity index (χ4n) is 0.716. The van der Waals surface area contributed by atoms with Gasteiger partial charge in [0.15, 0.2) is 0 Å². The molecule has 1 aromatic rings. The molecular formula is C12H19NO3. The molecule has 0 unspecified atom stereocenters. The van der Waals surface area contributed by atoms with Gasteiger partial charge < -0.3 is 19.1 Å². The minimum atomic E-state index is -1.49. The smallest absolute Gasteiger partial charge is 0.252 e. The number of rotatable bonds is 2. The monoisotopic (exact) mass is 225 g/mol. The zero-order valence-corrected chi connectivity index (χ0v) is 10.3. The molecule has 0 N–H and O–H groups in total. The lowest BCUT2D eigenvalue weighted by Gasteiger charge is -2.14. The van der Waals surface area contributed by atoms with Gasteiger partial charge in [0.2, 0.25) is 0 Å². The van der Waals surface area contributed by atoms with E-state index in [4.69, 9.17) is 0 Å². The van der Waals surface area contributed by atoms with Crippen molar-refractivity contribution in [3.63, 3.8) is 0 Å². The predicted molar refractivity (Wildman–Crippen MR) is 60.6 cm³/mol. The summed E-state index contributed by atoms with van der Waals surface area (Å²) in [5.74, 6) is 0. The van der Waals surface area contributed by atoms with Crippen LogP contribution in [0.15, 0.2) is 30.3 Å². The molecule has 0 aromatic heterocycles. The van der Waals surface area contributed by atoms with Gasteiger partial charge in [0.1, 0.15) is 0 Å². The normalized spacial score (nSPS) is 10.0. The Balaban J connectivity index is 0.000000385. The molecule has 90 valence electrons. The quantitative estimate of drug-likeness (QED) is 0.554. The highest BCUT2D eigenvalue weighted by molar-refractivity contribution is 5.54. The molecule has 0 aliphatic rings. The second kappa shape index (κ2) is 6.85. The lowest BCUT2D eigenvalue weighted by molar-refractivity contribution is -0.849. The summed E-state index contributed by atoms with van der Waals surface area (Å²) in [6, 6.07) is 9.04. The Bertz CT molecular complexity index is 298. The molecule has 1 aromatic carbocycles. The van der Waals surface area contributed by atoms with E-state index in [9.17, 15) is 9.90 Å². The number of carboxylic acid groups (broad SMARTS) is 1. The Hall–Kier alpha value is -1.55. The maximum Gasteiger partial charge on any atom is 0.252 e. The van der Waals surface area contributed by atoms with E-state index in [1.807, 2.05) is 18.2 Å². The van der Waals surface area contributed by atoms with E-state index in [1.54, 1.807) is 12.1 Å². The van der Waals surface area contributed by atoms with Crippen molar-refractivity contribution in [2.75, 3.05) is 28.2 Å². The molecule has 0 spiro atoms. The van der Waals surface area contributed by atoms with Gasteiger partial charge in [0.25, 0.3) is 6.16 Å². The van der Waals surface area contributed by atoms with E-state index >= 15 is 0 Å². The molecule has 0 radical (unpaired) electrons. The second-order valence-electron chi connectivity index (χ2n) is 4.71. The molecule has 16 heavy (non-hydrogen) atoms. The number of ether oxygens (including phenoxy) is 1. The van der Waals surface area contributed by atoms with Crippen molar-refractivity contribution in [1.29, 1.82) is 0 Å². The third-order valence-electron chi connectivity index (χ3n) is 1.20. The van der Waals surface area contributed by atoms with Crippen LogP contribution in [0.3, 0.4) is 0 Å². The number of carbonyl (C=O) groups is 1. The van der Waals surface area contributed by atoms with Crippen LogP contribution in [0.1, 0.15) is 5.56 Å². The molecule has 0 atom stereocenters. The molecule has 0 aliphatic carbocycles. The molecule has 4 nitrogen and oxygen atoms in total. The van der Waals surface area contributed by atoms with Crippen molar-refractivity contribution >= 4 is 6.16 Å². The number of quaternary nitrogens is 1. The molecule has 0 aliphatic heterocycles. The molecule has 0 amide bonds. The van der Waals surface area contributed by atoms with Crippen molar-refractivity contribution in [2.24, 2.45) is 0 Å². The van der Waals surface area contributed by atoms with Crippen LogP contribution >= 0.6 is 0 Å². The average Bonchev–Trinajstić information content (AvgIpc) is 2.14. The van der Waals surface area contributed by atoms with Crippen LogP contribution in [0.25, 0.3) is 0 Å². The Morgan fingerprint density at radius 1 is 1.19 bits per heavy atom. The first kappa shape index (κ1) is 14.5. The first-order chi connectivity index (χ1) is 7.29. The molecular weight excluding hydrogens is 206 g/mol. The van der Waals surface area contributed by atoms with Crippen molar-refractivity contribution < 1.29 is 19.1 Å². The summed E-state index contributed by atoms with van der Waals surface area (Å²) in [5, 5.41) is 9.84. The fourth-order valence-corrected chi connectivity index (χ4v) is 0.716. The lowest BCUT2D eigenvalue weighted by Crippen LogP contribution is -2.27. The number of nitrogens with zero attached hydrogens (tertiary/aromatic N) is 1. The minimum Gasteiger partial charge on any atom is -0.545 e. The van der Waals surface area contributed by atoms with Gasteiger partial charge in [0.05, 0.1) is 34.8 Å². The Kier molecular flexibility index (Phi) is 6.18. The van der Waals surface area contributed by atoms with E-state index in [1.165, 1.54) is 0 Å². The van der Waals surface area contributed by atoms with Crippen LogP contribution in [0, 0.1) is 0 Å². The maximum absolute atomic E-state index is 9.84. The van der Waals surface area contributed by atoms with E-state index in [2.05, 4.69) is 32.9 Å². The molecule has 4 heteroatoms. The predicted octanol–water partition coefficient (Wildman–Crippen LogP) is 0.869. The summed E-state index contributed by atoms with van der Waals surface area (Å²) in [4.78, 5) is 9.84. The molecule has 0 saturated heterocycles. The summed E-state index contributed by atoms with van der Waals surface area (Å²) in [5.41, 5.74) is 0.816. The van der Waals surface area contributed by atoms with E-state index in [-0.39, 0.29) is 6.61 Å². The van der Waals surface area contributed by atoms with Gasteiger partial charge in [-0.3, -0.25) is 0 Å². The standard InChI is InChI=1S/C8H8O3.C4H12N/c9-8(10)11-6-7-4-2-1-3-5-7;1-5(2,3)4/h1-5H,6H2,(H,9,10);1-4H3/q;+1/p-1. The molecule has 0 saturated carbocycles. The number of carbonyl (C=O) groups excluding carboxylic acids is 1. The summed E-state index contributed by atoms with van der Waals surface area (Å²) >= 11 is 0. The van der Waals surface area contributed by atoms with Crippen molar-refractivity contribution in [1.82, 2.24) is 0 Å². The molecule has 0 fully saturated rings. The SMILES string of the molecule is C[N+](C)(C)C.O=C([O-])OCc1ccccc1. The molecule has 0 heterocycles. The van der Waals surface area contributed by atoms with Gasteiger partial charge in [-0.15, -0.1) is 0 Å². The Labute approximate surface area is 96.7 Å². The van der Waals surface area contributed by atoms with Gasteiger partial charge in [-0.2, -0.15) is 0 Å². The first-order valence-corrected chi connectivity index (χ1v) is 4.95. The van der Waals surface area contributed by atoms with Crippen molar-refractivity contribution in [3.05, 3.63) is 35.9 Å². The zero-order valence-electron chi connectivity index (χ0n) is 10.3. The minimum absolute atomic E-state index is 0.0587. The van der Waals surface area contributed by atoms with Gasteiger partial charge in [-0.1, -0.05) is 30.3 Å². The van der Waals surface area contributed by atoms with Crippen LogP contribution in [-0.2, 0) is 11.3 Å². The van der Waals surface area contributed by atoms with Gasteiger partial charge in [-0.25, -0.2) is 0 Å². The summed E-state index contributed by atoms with van der Waals surface area (Å²) in [7, 11) is 8.50. The van der Waals surface area contributed by atoms with Crippen LogP contribution in [-0.4, -0.2) is 38.8 Å². The van der Waals surface area contributed by atoms with Crippen LogP contribution in [0.4, 0.5) is 4.79 Å². The van der Waals surface area contributed by atoms with Gasteiger partial charge >= 0.3 is 0 Å². The molecule has 0 bridgehead atoms. The van der Waals surface area contributed by atoms with E-state index in [0.717, 1.165) is 10.0 Å². The van der Waals surface area contributed by atoms with E-state index in [0.29, 0.717) is 0 Å². The zero-order chi connectivity index (χ0) is 12.6. The highest BCUT2D eigenvalue weighted by Crippen LogP contribution is 1.99. The van der Waals surface area contributed by atoms with Crippen molar-refractivity contribution in [3.8, 4) is 0 Å². The summed E-state index contributed by atoms with van der Waals surface area (Å²) in [6.45, 7) is 0.0587. The number of hydrogen-bond donors (Lipinski definition) is 0. The number of hydrogen-bond acceptors (Lipinski definition) is 3. The molecule has 1 rings (SSSR count). The Morgan fingerprint density at radius 3 is 2.00 bits per heavy atom. The summed E-state index contributed by atoms with van der Waals surface area (Å²) < 4.78 is 5.23. The second-order valence-corrected chi connectivity index (χ2v) is 4.71. The third-order valence-corrected chi connectivity index (χ3v) is 1.20. The lowest BCUT2D eigenvalue weighted by atomic mass is 10.2. The topological polar surface area (TPSA) is 49.4 Å². The summed E-state index contributed by atoms with van der Waals surface area (Å²) in [6.07, 6.45) is -1.49. The third kappa shape index (κ3) is 12.4. The Morgan fingerprint density at radius 2 is 1.62 bits per heavy atom. The van der Waals surface area contributed by atoms with Gasteiger partial charge in [0, 0.05) is 0 Å². The fraction of sp³-hybridized carbons (Fsp3) is 0.417. The highest BCUT2D eigenvalue weighted by atomic mass is 16.7. The van der Waals surface area contributed by atoms with Gasteiger partial charge in [-0.05, 0) is 5.56 Å². The van der Waals surface area contributed by atoms with Crippen LogP contribution < -0.4 is 5.11 Å². The highest BCUT2D eigenvalue weighted by Gasteiger charge is 1.88. The van der Waals surface area contributed by atoms with E-state index < -0.39 is 6.16 Å². The van der Waals surface area contributed by atoms with Crippen molar-refractivity contribution in [2.45, 2.75) is 6.61 Å². The van der Waals surface area contributed by atoms with Crippen LogP contribution in [0.2, 0.25) is 0 Å². The van der Waals surface area contributed by atoms with Crippen LogP contribution in [0.5, 0.6) is 0 Å². The maximum atomic E-state index is 9.84. The average molecular weight is 225 g/mol. The first-order valence-electron chi connectivity index (χ1n) is 4.95. The largest absolute Gasteiger partial charge is 0.545 e. The number of benzene rings is 1.